The molecule has 0 aliphatic heterocycles. The monoisotopic (exact) mass is 341 g/mol. The van der Waals surface area contributed by atoms with Gasteiger partial charge >= 0.3 is 0 Å². The lowest BCUT2D eigenvalue weighted by Crippen LogP contribution is -2.39. The molecule has 5 heteroatoms. The molecule has 0 fully saturated rings. The number of benzene rings is 1. The van der Waals surface area contributed by atoms with E-state index in [2.05, 4.69) is 63.3 Å². The van der Waals surface area contributed by atoms with Gasteiger partial charge in [-0.05, 0) is 24.0 Å². The number of aryl methyl sites for hydroxylation is 1. The molecule has 0 amide bonds. The van der Waals surface area contributed by atoms with E-state index in [1.54, 1.807) is 0 Å². The molecular formula is C20H31N5. The van der Waals surface area contributed by atoms with Gasteiger partial charge in [-0.15, -0.1) is 0 Å². The van der Waals surface area contributed by atoms with E-state index in [0.29, 0.717) is 5.92 Å². The van der Waals surface area contributed by atoms with E-state index in [9.17, 15) is 0 Å². The molecule has 1 heterocycles. The maximum atomic E-state index is 4.32. The number of rotatable bonds is 8. The summed E-state index contributed by atoms with van der Waals surface area (Å²) in [5.41, 5.74) is 2.53. The first-order valence-electron chi connectivity index (χ1n) is 9.16. The zero-order valence-electron chi connectivity index (χ0n) is 15.9. The molecule has 25 heavy (non-hydrogen) atoms. The summed E-state index contributed by atoms with van der Waals surface area (Å²) in [5.74, 6) is 2.59. The first-order chi connectivity index (χ1) is 12.2. The number of hydrogen-bond acceptors (Lipinski definition) is 2. The molecule has 2 N–H and O–H groups in total. The highest BCUT2D eigenvalue weighted by molar-refractivity contribution is 5.79. The predicted octanol–water partition coefficient (Wildman–Crippen LogP) is 3.34. The molecule has 1 aromatic carbocycles. The van der Waals surface area contributed by atoms with Crippen LogP contribution < -0.4 is 10.6 Å². The zero-order chi connectivity index (χ0) is 18.1. The average molecular weight is 342 g/mol. The number of guanidine groups is 1. The number of aliphatic imine (C=N–C) groups is 1. The lowest BCUT2D eigenvalue weighted by molar-refractivity contribution is 0.481. The second-order valence-electron chi connectivity index (χ2n) is 6.41. The molecule has 0 aliphatic rings. The highest BCUT2D eigenvalue weighted by atomic mass is 15.2. The first-order valence-corrected chi connectivity index (χ1v) is 9.16. The minimum absolute atomic E-state index is 0.695. The van der Waals surface area contributed by atoms with Gasteiger partial charge in [-0.1, -0.05) is 51.0 Å². The van der Waals surface area contributed by atoms with Crippen LogP contribution in [0.15, 0.2) is 41.7 Å². The second kappa shape index (κ2) is 9.87. The fourth-order valence-corrected chi connectivity index (χ4v) is 2.83. The van der Waals surface area contributed by atoms with Crippen molar-refractivity contribution in [3.63, 3.8) is 0 Å². The van der Waals surface area contributed by atoms with Crippen LogP contribution in [0, 0.1) is 12.8 Å². The quantitative estimate of drug-likeness (QED) is 0.572. The maximum Gasteiger partial charge on any atom is 0.191 e. The molecule has 0 radical (unpaired) electrons. The summed E-state index contributed by atoms with van der Waals surface area (Å²) in [7, 11) is 1.82. The van der Waals surface area contributed by atoms with E-state index in [1.165, 1.54) is 24.0 Å². The lowest BCUT2D eigenvalue weighted by atomic mass is 10.0. The molecule has 136 valence electrons. The van der Waals surface area contributed by atoms with Gasteiger partial charge < -0.3 is 15.2 Å². The van der Waals surface area contributed by atoms with Crippen LogP contribution in [0.5, 0.6) is 0 Å². The smallest absolute Gasteiger partial charge is 0.191 e. The number of nitrogens with zero attached hydrogens (tertiary/aromatic N) is 3. The largest absolute Gasteiger partial charge is 0.356 e. The summed E-state index contributed by atoms with van der Waals surface area (Å²) in [5, 5.41) is 6.83. The van der Waals surface area contributed by atoms with Crippen molar-refractivity contribution < 1.29 is 0 Å². The minimum Gasteiger partial charge on any atom is -0.356 e. The molecule has 0 bridgehead atoms. The molecular weight excluding hydrogens is 310 g/mol. The topological polar surface area (TPSA) is 54.2 Å². The van der Waals surface area contributed by atoms with Crippen molar-refractivity contribution in [1.29, 1.82) is 0 Å². The summed E-state index contributed by atoms with van der Waals surface area (Å²) in [6.07, 6.45) is 6.24. The average Bonchev–Trinajstić information content (AvgIpc) is 3.03. The summed E-state index contributed by atoms with van der Waals surface area (Å²) < 4.78 is 2.16. The van der Waals surface area contributed by atoms with Crippen LogP contribution in [0.3, 0.4) is 0 Å². The number of hydrogen-bond donors (Lipinski definition) is 2. The highest BCUT2D eigenvalue weighted by Crippen LogP contribution is 2.09. The fraction of sp³-hybridized carbons (Fsp3) is 0.500. The van der Waals surface area contributed by atoms with Gasteiger partial charge in [0.1, 0.15) is 5.82 Å². The van der Waals surface area contributed by atoms with Crippen LogP contribution in [0.2, 0.25) is 0 Å². The van der Waals surface area contributed by atoms with Crippen molar-refractivity contribution in [2.24, 2.45) is 10.9 Å². The van der Waals surface area contributed by atoms with Crippen molar-refractivity contribution in [3.8, 4) is 0 Å². The predicted molar refractivity (Wildman–Crippen MR) is 105 cm³/mol. The molecule has 1 aromatic heterocycles. The number of aromatic nitrogens is 2. The van der Waals surface area contributed by atoms with E-state index >= 15 is 0 Å². The van der Waals surface area contributed by atoms with Crippen molar-refractivity contribution in [1.82, 2.24) is 20.2 Å². The van der Waals surface area contributed by atoms with Gasteiger partial charge in [0.05, 0.1) is 0 Å². The minimum atomic E-state index is 0.695. The van der Waals surface area contributed by atoms with Gasteiger partial charge in [-0.25, -0.2) is 4.98 Å². The SMILES string of the molecule is CCC(CC)CNC(=NC)NCc1cccc(Cn2ccnc2C)c1. The van der Waals surface area contributed by atoms with Crippen LogP contribution in [0.4, 0.5) is 0 Å². The maximum absolute atomic E-state index is 4.32. The van der Waals surface area contributed by atoms with E-state index in [1.807, 2.05) is 26.4 Å². The van der Waals surface area contributed by atoms with Crippen LogP contribution in [-0.4, -0.2) is 29.1 Å². The third-order valence-electron chi connectivity index (χ3n) is 4.66. The third kappa shape index (κ3) is 5.93. The van der Waals surface area contributed by atoms with Crippen LogP contribution in [-0.2, 0) is 13.1 Å². The molecule has 5 nitrogen and oxygen atoms in total. The summed E-state index contributed by atoms with van der Waals surface area (Å²) >= 11 is 0. The molecule has 0 atom stereocenters. The van der Waals surface area contributed by atoms with E-state index < -0.39 is 0 Å². The second-order valence-corrected chi connectivity index (χ2v) is 6.41. The zero-order valence-corrected chi connectivity index (χ0v) is 15.9. The number of nitrogens with one attached hydrogen (secondary N) is 2. The van der Waals surface area contributed by atoms with Crippen molar-refractivity contribution in [2.45, 2.75) is 46.7 Å². The molecule has 0 spiro atoms. The van der Waals surface area contributed by atoms with Gasteiger partial charge in [0.15, 0.2) is 5.96 Å². The van der Waals surface area contributed by atoms with Gasteiger partial charge in [0, 0.05) is 39.1 Å². The molecule has 2 rings (SSSR count). The Morgan fingerprint density at radius 1 is 1.20 bits per heavy atom. The Morgan fingerprint density at radius 3 is 2.60 bits per heavy atom. The Kier molecular flexibility index (Phi) is 7.51. The van der Waals surface area contributed by atoms with E-state index in [0.717, 1.165) is 31.4 Å². The lowest BCUT2D eigenvalue weighted by Gasteiger charge is -2.17. The molecule has 0 aliphatic carbocycles. The van der Waals surface area contributed by atoms with E-state index in [-0.39, 0.29) is 0 Å². The van der Waals surface area contributed by atoms with Crippen LogP contribution in [0.1, 0.15) is 43.6 Å². The standard InChI is InChI=1S/C20H31N5/c1-5-17(6-2)13-23-20(21-4)24-14-18-8-7-9-19(12-18)15-25-11-10-22-16(25)3/h7-12,17H,5-6,13-15H2,1-4H3,(H2,21,23,24). The normalized spacial score (nSPS) is 11.8. The van der Waals surface area contributed by atoms with Crippen molar-refractivity contribution >= 4 is 5.96 Å². The Hall–Kier alpha value is -2.30. The Labute approximate surface area is 151 Å². The van der Waals surface area contributed by atoms with Crippen molar-refractivity contribution in [3.05, 3.63) is 53.6 Å². The van der Waals surface area contributed by atoms with Gasteiger partial charge in [-0.3, -0.25) is 4.99 Å². The fourth-order valence-electron chi connectivity index (χ4n) is 2.83. The summed E-state index contributed by atoms with van der Waals surface area (Å²) in [4.78, 5) is 8.60. The molecule has 0 unspecified atom stereocenters. The van der Waals surface area contributed by atoms with Gasteiger partial charge in [0.25, 0.3) is 0 Å². The molecule has 2 aromatic rings. The summed E-state index contributed by atoms with van der Waals surface area (Å²) in [6.45, 7) is 9.08. The highest BCUT2D eigenvalue weighted by Gasteiger charge is 2.05. The number of imidazole rings is 1. The van der Waals surface area contributed by atoms with E-state index in [4.69, 9.17) is 0 Å². The van der Waals surface area contributed by atoms with Crippen LogP contribution >= 0.6 is 0 Å². The molecule has 0 saturated heterocycles. The Morgan fingerprint density at radius 2 is 1.96 bits per heavy atom. The Balaban J connectivity index is 1.89. The van der Waals surface area contributed by atoms with Crippen LogP contribution in [0.25, 0.3) is 0 Å². The van der Waals surface area contributed by atoms with Gasteiger partial charge in [0.2, 0.25) is 0 Å². The Bertz CT molecular complexity index is 670. The summed E-state index contributed by atoms with van der Waals surface area (Å²) in [6, 6.07) is 8.65. The van der Waals surface area contributed by atoms with Gasteiger partial charge in [-0.2, -0.15) is 0 Å². The molecule has 0 saturated carbocycles. The first kappa shape index (κ1) is 19.0. The van der Waals surface area contributed by atoms with Crippen molar-refractivity contribution in [2.75, 3.05) is 13.6 Å². The third-order valence-corrected chi connectivity index (χ3v) is 4.66.